The molecule has 0 spiro atoms. The second-order valence-corrected chi connectivity index (χ2v) is 4.55. The van der Waals surface area contributed by atoms with Gasteiger partial charge in [-0.25, -0.2) is 4.79 Å². The molecular weight excluding hydrogens is 239 g/mol. The van der Waals surface area contributed by atoms with Gasteiger partial charge in [0, 0.05) is 6.04 Å². The van der Waals surface area contributed by atoms with Gasteiger partial charge in [-0.05, 0) is 31.6 Å². The summed E-state index contributed by atoms with van der Waals surface area (Å²) in [7, 11) is 0. The van der Waals surface area contributed by atoms with E-state index in [1.165, 1.54) is 0 Å². The minimum absolute atomic E-state index is 0.0469. The summed E-state index contributed by atoms with van der Waals surface area (Å²) in [5.74, 6) is -3.32. The molecule has 2 aliphatic rings. The molecule has 0 bridgehead atoms. The number of carbonyl (C=O) groups is 2. The molecule has 4 nitrogen and oxygen atoms in total. The minimum Gasteiger partial charge on any atom is -0.480 e. The van der Waals surface area contributed by atoms with Crippen LogP contribution in [0.25, 0.3) is 0 Å². The number of hydrogen-bond acceptors (Lipinski definition) is 2. The van der Waals surface area contributed by atoms with E-state index in [0.717, 1.165) is 12.8 Å². The van der Waals surface area contributed by atoms with Crippen LogP contribution in [0.15, 0.2) is 0 Å². The zero-order valence-electron chi connectivity index (χ0n) is 8.91. The second kappa shape index (κ2) is 3.89. The number of carboxylic acid groups (broad SMARTS) is 1. The standard InChI is InChI=1S/C10H12F3NO3/c11-10(12,13)9(17)14-6(5-1-2-5)3-4-7(14)8(15)16/h5-7H,1-4H2,(H,15,16)/t6-,7-/m0/s1. The van der Waals surface area contributed by atoms with Crippen molar-refractivity contribution in [2.24, 2.45) is 5.92 Å². The number of likely N-dealkylation sites (tertiary alicyclic amines) is 1. The first-order valence-corrected chi connectivity index (χ1v) is 5.44. The molecular formula is C10H12F3NO3. The van der Waals surface area contributed by atoms with Gasteiger partial charge in [0.2, 0.25) is 0 Å². The van der Waals surface area contributed by atoms with Gasteiger partial charge < -0.3 is 10.0 Å². The van der Waals surface area contributed by atoms with Crippen molar-refractivity contribution in [3.8, 4) is 0 Å². The molecule has 1 saturated carbocycles. The number of halogens is 3. The third-order valence-corrected chi connectivity index (χ3v) is 3.36. The lowest BCUT2D eigenvalue weighted by Crippen LogP contribution is -2.51. The van der Waals surface area contributed by atoms with Crippen LogP contribution in [0, 0.1) is 5.92 Å². The average Bonchev–Trinajstić information content (AvgIpc) is 2.94. The number of carboxylic acids is 1. The summed E-state index contributed by atoms with van der Waals surface area (Å²) in [5.41, 5.74) is 0. The average molecular weight is 251 g/mol. The quantitative estimate of drug-likeness (QED) is 0.807. The molecule has 96 valence electrons. The maximum Gasteiger partial charge on any atom is 0.471 e. The van der Waals surface area contributed by atoms with E-state index < -0.39 is 30.1 Å². The highest BCUT2D eigenvalue weighted by Crippen LogP contribution is 2.43. The Balaban J connectivity index is 2.22. The first kappa shape index (κ1) is 12.2. The van der Waals surface area contributed by atoms with Gasteiger partial charge in [-0.1, -0.05) is 0 Å². The highest BCUT2D eigenvalue weighted by molar-refractivity contribution is 5.88. The smallest absolute Gasteiger partial charge is 0.471 e. The summed E-state index contributed by atoms with van der Waals surface area (Å²) in [6.45, 7) is 0. The van der Waals surface area contributed by atoms with E-state index in [1.807, 2.05) is 0 Å². The molecule has 1 amide bonds. The molecule has 1 aliphatic carbocycles. The number of rotatable bonds is 2. The molecule has 0 unspecified atom stereocenters. The maximum absolute atomic E-state index is 12.4. The van der Waals surface area contributed by atoms with Crippen molar-refractivity contribution in [3.63, 3.8) is 0 Å². The van der Waals surface area contributed by atoms with E-state index in [4.69, 9.17) is 5.11 Å². The largest absolute Gasteiger partial charge is 0.480 e. The molecule has 0 aromatic rings. The highest BCUT2D eigenvalue weighted by atomic mass is 19.4. The van der Waals surface area contributed by atoms with Crippen LogP contribution in [0.2, 0.25) is 0 Å². The summed E-state index contributed by atoms with van der Waals surface area (Å²) in [6.07, 6.45) is -2.98. The molecule has 0 aromatic heterocycles. The summed E-state index contributed by atoms with van der Waals surface area (Å²) >= 11 is 0. The monoisotopic (exact) mass is 251 g/mol. The molecule has 1 heterocycles. The van der Waals surface area contributed by atoms with Gasteiger partial charge in [0.25, 0.3) is 0 Å². The van der Waals surface area contributed by atoms with Crippen LogP contribution in [0.1, 0.15) is 25.7 Å². The molecule has 1 saturated heterocycles. The van der Waals surface area contributed by atoms with Crippen LogP contribution in [-0.4, -0.2) is 40.1 Å². The van der Waals surface area contributed by atoms with Crippen molar-refractivity contribution in [1.29, 1.82) is 0 Å². The fraction of sp³-hybridized carbons (Fsp3) is 0.800. The van der Waals surface area contributed by atoms with Crippen LogP contribution in [0.5, 0.6) is 0 Å². The number of hydrogen-bond donors (Lipinski definition) is 1. The lowest BCUT2D eigenvalue weighted by Gasteiger charge is -2.29. The molecule has 0 radical (unpaired) electrons. The van der Waals surface area contributed by atoms with E-state index in [2.05, 4.69) is 0 Å². The number of amides is 1. The first-order chi connectivity index (χ1) is 7.82. The Labute approximate surface area is 95.4 Å². The normalized spacial score (nSPS) is 29.5. The van der Waals surface area contributed by atoms with E-state index >= 15 is 0 Å². The maximum atomic E-state index is 12.4. The van der Waals surface area contributed by atoms with Crippen molar-refractivity contribution in [3.05, 3.63) is 0 Å². The molecule has 2 fully saturated rings. The molecule has 2 atom stereocenters. The summed E-state index contributed by atoms with van der Waals surface area (Å²) in [5, 5.41) is 8.86. The molecule has 1 N–H and O–H groups in total. The summed E-state index contributed by atoms with van der Waals surface area (Å²) in [6, 6.07) is -1.88. The van der Waals surface area contributed by atoms with E-state index in [9.17, 15) is 22.8 Å². The highest BCUT2D eigenvalue weighted by Gasteiger charge is 2.54. The minimum atomic E-state index is -4.99. The lowest BCUT2D eigenvalue weighted by atomic mass is 10.1. The molecule has 1 aliphatic heterocycles. The lowest BCUT2D eigenvalue weighted by molar-refractivity contribution is -0.190. The Hall–Kier alpha value is -1.27. The summed E-state index contributed by atoms with van der Waals surface area (Å²) in [4.78, 5) is 22.7. The van der Waals surface area contributed by atoms with Crippen molar-refractivity contribution in [2.45, 2.75) is 43.9 Å². The number of alkyl halides is 3. The zero-order valence-corrected chi connectivity index (χ0v) is 8.91. The zero-order chi connectivity index (χ0) is 12.8. The van der Waals surface area contributed by atoms with E-state index in [0.29, 0.717) is 11.3 Å². The third-order valence-electron chi connectivity index (χ3n) is 3.36. The Morgan fingerprint density at radius 3 is 2.12 bits per heavy atom. The summed E-state index contributed by atoms with van der Waals surface area (Å²) < 4.78 is 37.2. The Kier molecular flexibility index (Phi) is 2.79. The van der Waals surface area contributed by atoms with E-state index in [1.54, 1.807) is 0 Å². The first-order valence-electron chi connectivity index (χ1n) is 5.44. The predicted molar refractivity (Wildman–Crippen MR) is 50.1 cm³/mol. The van der Waals surface area contributed by atoms with Crippen molar-refractivity contribution >= 4 is 11.9 Å². The molecule has 2 rings (SSSR count). The fourth-order valence-corrected chi connectivity index (χ4v) is 2.46. The Bertz CT molecular complexity index is 351. The van der Waals surface area contributed by atoms with Crippen molar-refractivity contribution < 1.29 is 27.9 Å². The number of aliphatic carboxylic acids is 1. The molecule has 0 aromatic carbocycles. The SMILES string of the molecule is O=C(O)[C@@H]1CC[C@@H](C2CC2)N1C(=O)C(F)(F)F. The van der Waals surface area contributed by atoms with Crippen LogP contribution in [0.4, 0.5) is 13.2 Å². The van der Waals surface area contributed by atoms with Gasteiger partial charge in [0.1, 0.15) is 6.04 Å². The van der Waals surface area contributed by atoms with Gasteiger partial charge in [-0.2, -0.15) is 13.2 Å². The van der Waals surface area contributed by atoms with Crippen LogP contribution in [-0.2, 0) is 9.59 Å². The molecule has 7 heteroatoms. The van der Waals surface area contributed by atoms with Crippen LogP contribution < -0.4 is 0 Å². The van der Waals surface area contributed by atoms with Crippen molar-refractivity contribution in [1.82, 2.24) is 4.90 Å². The third kappa shape index (κ3) is 2.23. The van der Waals surface area contributed by atoms with Crippen LogP contribution >= 0.6 is 0 Å². The van der Waals surface area contributed by atoms with Gasteiger partial charge >= 0.3 is 18.1 Å². The second-order valence-electron chi connectivity index (χ2n) is 4.55. The van der Waals surface area contributed by atoms with Crippen molar-refractivity contribution in [2.75, 3.05) is 0 Å². The Morgan fingerprint density at radius 2 is 1.71 bits per heavy atom. The van der Waals surface area contributed by atoms with Gasteiger partial charge in [0.15, 0.2) is 0 Å². The van der Waals surface area contributed by atoms with Crippen LogP contribution in [0.3, 0.4) is 0 Å². The molecule has 17 heavy (non-hydrogen) atoms. The van der Waals surface area contributed by atoms with Gasteiger partial charge in [0.05, 0.1) is 0 Å². The topological polar surface area (TPSA) is 57.6 Å². The number of nitrogens with zero attached hydrogens (tertiary/aromatic N) is 1. The van der Waals surface area contributed by atoms with E-state index in [-0.39, 0.29) is 12.3 Å². The van der Waals surface area contributed by atoms with Gasteiger partial charge in [-0.15, -0.1) is 0 Å². The Morgan fingerprint density at radius 1 is 1.12 bits per heavy atom. The number of carbonyl (C=O) groups excluding carboxylic acids is 1. The predicted octanol–water partition coefficient (Wildman–Crippen LogP) is 1.40. The van der Waals surface area contributed by atoms with Gasteiger partial charge in [-0.3, -0.25) is 4.79 Å². The fourth-order valence-electron chi connectivity index (χ4n) is 2.46.